The fourth-order valence-electron chi connectivity index (χ4n) is 2.23. The molecule has 0 heterocycles. The van der Waals surface area contributed by atoms with Crippen molar-refractivity contribution in [2.75, 3.05) is 13.7 Å². The van der Waals surface area contributed by atoms with Crippen LogP contribution < -0.4 is 15.2 Å². The van der Waals surface area contributed by atoms with Gasteiger partial charge in [0.2, 0.25) is 0 Å². The molecule has 0 aromatic heterocycles. The molecule has 1 unspecified atom stereocenters. The van der Waals surface area contributed by atoms with Crippen LogP contribution in [0.25, 0.3) is 0 Å². The van der Waals surface area contributed by atoms with Crippen LogP contribution in [-0.2, 0) is 6.42 Å². The van der Waals surface area contributed by atoms with Crippen molar-refractivity contribution in [2.24, 2.45) is 5.73 Å². The zero-order valence-corrected chi connectivity index (χ0v) is 12.9. The third-order valence-corrected chi connectivity index (χ3v) is 3.46. The lowest BCUT2D eigenvalue weighted by Crippen LogP contribution is -2.10. The van der Waals surface area contributed by atoms with E-state index < -0.39 is 0 Å². The summed E-state index contributed by atoms with van der Waals surface area (Å²) in [5, 5.41) is 0. The van der Waals surface area contributed by atoms with E-state index in [0.29, 0.717) is 6.61 Å². The van der Waals surface area contributed by atoms with Crippen LogP contribution in [0.3, 0.4) is 0 Å². The van der Waals surface area contributed by atoms with Gasteiger partial charge in [-0.2, -0.15) is 0 Å². The van der Waals surface area contributed by atoms with Gasteiger partial charge in [0.15, 0.2) is 0 Å². The number of aryl methyl sites for hydroxylation is 1. The lowest BCUT2D eigenvalue weighted by molar-refractivity contribution is 0.317. The van der Waals surface area contributed by atoms with Crippen LogP contribution in [0, 0.1) is 6.92 Å². The lowest BCUT2D eigenvalue weighted by Gasteiger charge is -2.15. The highest BCUT2D eigenvalue weighted by atomic mass is 16.5. The summed E-state index contributed by atoms with van der Waals surface area (Å²) in [6, 6.07) is 14.2. The first-order chi connectivity index (χ1) is 10.1. The Morgan fingerprint density at radius 1 is 1.10 bits per heavy atom. The van der Waals surface area contributed by atoms with Gasteiger partial charge in [-0.3, -0.25) is 0 Å². The Morgan fingerprint density at radius 2 is 1.81 bits per heavy atom. The van der Waals surface area contributed by atoms with Crippen LogP contribution in [0.1, 0.15) is 29.7 Å². The molecule has 2 aromatic carbocycles. The van der Waals surface area contributed by atoms with Crippen LogP contribution in [0.4, 0.5) is 0 Å². The molecule has 0 aliphatic heterocycles. The number of nitrogens with two attached hydrogens (primary N) is 1. The van der Waals surface area contributed by atoms with Gasteiger partial charge in [0, 0.05) is 18.0 Å². The number of ether oxygens (including phenoxy) is 2. The van der Waals surface area contributed by atoms with E-state index in [4.69, 9.17) is 15.2 Å². The molecule has 0 amide bonds. The summed E-state index contributed by atoms with van der Waals surface area (Å²) in [6.45, 7) is 4.67. The summed E-state index contributed by atoms with van der Waals surface area (Å²) in [7, 11) is 1.67. The number of methoxy groups -OCH3 is 1. The fourth-order valence-corrected chi connectivity index (χ4v) is 2.23. The highest BCUT2D eigenvalue weighted by Gasteiger charge is 2.08. The second-order valence-corrected chi connectivity index (χ2v) is 5.28. The fraction of sp³-hybridized carbons (Fsp3) is 0.333. The van der Waals surface area contributed by atoms with Gasteiger partial charge in [-0.05, 0) is 37.6 Å². The second-order valence-electron chi connectivity index (χ2n) is 5.28. The number of benzene rings is 2. The maximum Gasteiger partial charge on any atom is 0.124 e. The predicted molar refractivity (Wildman–Crippen MR) is 86.0 cm³/mol. The van der Waals surface area contributed by atoms with Crippen LogP contribution in [-0.4, -0.2) is 13.7 Å². The molecule has 3 heteroatoms. The standard InChI is InChI=1S/C18H23NO2/c1-13-4-9-18(17(12-13)14(2)19)21-11-10-15-5-7-16(20-3)8-6-15/h4-9,12,14H,10-11,19H2,1-3H3. The normalized spacial score (nSPS) is 12.0. The Bertz CT molecular complexity index is 576. The Labute approximate surface area is 126 Å². The Hall–Kier alpha value is -2.00. The molecular weight excluding hydrogens is 262 g/mol. The van der Waals surface area contributed by atoms with Crippen LogP contribution in [0.5, 0.6) is 11.5 Å². The molecule has 0 aliphatic rings. The van der Waals surface area contributed by atoms with Crippen LogP contribution in [0.15, 0.2) is 42.5 Å². The SMILES string of the molecule is COc1ccc(CCOc2ccc(C)cc2C(C)N)cc1. The zero-order valence-electron chi connectivity index (χ0n) is 12.9. The van der Waals surface area contributed by atoms with Gasteiger partial charge in [0.25, 0.3) is 0 Å². The minimum absolute atomic E-state index is 0.0270. The van der Waals surface area contributed by atoms with Crippen molar-refractivity contribution in [1.82, 2.24) is 0 Å². The topological polar surface area (TPSA) is 44.5 Å². The smallest absolute Gasteiger partial charge is 0.124 e. The summed E-state index contributed by atoms with van der Waals surface area (Å²) >= 11 is 0. The first-order valence-electron chi connectivity index (χ1n) is 7.22. The molecule has 2 rings (SSSR count). The molecule has 0 spiro atoms. The molecule has 3 nitrogen and oxygen atoms in total. The molecule has 1 atom stereocenters. The quantitative estimate of drug-likeness (QED) is 0.881. The van der Waals surface area contributed by atoms with Crippen molar-refractivity contribution in [3.63, 3.8) is 0 Å². The lowest BCUT2D eigenvalue weighted by atomic mass is 10.1. The molecule has 0 fully saturated rings. The van der Waals surface area contributed by atoms with E-state index >= 15 is 0 Å². The Kier molecular flexibility index (Phi) is 5.23. The summed E-state index contributed by atoms with van der Waals surface area (Å²) < 4.78 is 11.1. The van der Waals surface area contributed by atoms with Crippen molar-refractivity contribution >= 4 is 0 Å². The average molecular weight is 285 g/mol. The zero-order chi connectivity index (χ0) is 15.2. The largest absolute Gasteiger partial charge is 0.497 e. The van der Waals surface area contributed by atoms with Gasteiger partial charge in [-0.1, -0.05) is 29.8 Å². The molecule has 112 valence electrons. The summed E-state index contributed by atoms with van der Waals surface area (Å²) in [5.74, 6) is 1.75. The van der Waals surface area contributed by atoms with E-state index in [1.54, 1.807) is 7.11 Å². The van der Waals surface area contributed by atoms with Crippen molar-refractivity contribution < 1.29 is 9.47 Å². The summed E-state index contributed by atoms with van der Waals surface area (Å²) in [5.41, 5.74) is 9.49. The van der Waals surface area contributed by atoms with E-state index in [1.807, 2.05) is 25.1 Å². The molecule has 2 aromatic rings. The third-order valence-electron chi connectivity index (χ3n) is 3.46. The van der Waals surface area contributed by atoms with E-state index in [9.17, 15) is 0 Å². The predicted octanol–water partition coefficient (Wildman–Crippen LogP) is 3.64. The highest BCUT2D eigenvalue weighted by Crippen LogP contribution is 2.25. The molecule has 0 saturated carbocycles. The first kappa shape index (κ1) is 15.4. The number of hydrogen-bond acceptors (Lipinski definition) is 3. The minimum atomic E-state index is -0.0270. The third kappa shape index (κ3) is 4.23. The van der Waals surface area contributed by atoms with Crippen molar-refractivity contribution in [3.05, 3.63) is 59.2 Å². The van der Waals surface area contributed by atoms with Gasteiger partial charge >= 0.3 is 0 Å². The van der Waals surface area contributed by atoms with Crippen LogP contribution in [0.2, 0.25) is 0 Å². The summed E-state index contributed by atoms with van der Waals surface area (Å²) in [4.78, 5) is 0. The summed E-state index contributed by atoms with van der Waals surface area (Å²) in [6.07, 6.45) is 0.857. The Balaban J connectivity index is 1.96. The molecule has 21 heavy (non-hydrogen) atoms. The van der Waals surface area contributed by atoms with E-state index in [1.165, 1.54) is 11.1 Å². The van der Waals surface area contributed by atoms with E-state index in [0.717, 1.165) is 23.5 Å². The number of rotatable bonds is 6. The maximum absolute atomic E-state index is 6.00. The molecule has 0 bridgehead atoms. The minimum Gasteiger partial charge on any atom is -0.497 e. The van der Waals surface area contributed by atoms with E-state index in [-0.39, 0.29) is 6.04 Å². The first-order valence-corrected chi connectivity index (χ1v) is 7.22. The molecule has 0 radical (unpaired) electrons. The van der Waals surface area contributed by atoms with Gasteiger partial charge in [0.1, 0.15) is 11.5 Å². The van der Waals surface area contributed by atoms with Gasteiger partial charge in [-0.15, -0.1) is 0 Å². The molecule has 0 aliphatic carbocycles. The monoisotopic (exact) mass is 285 g/mol. The second kappa shape index (κ2) is 7.14. The van der Waals surface area contributed by atoms with Crippen molar-refractivity contribution in [3.8, 4) is 11.5 Å². The van der Waals surface area contributed by atoms with Gasteiger partial charge in [-0.25, -0.2) is 0 Å². The average Bonchev–Trinajstić information content (AvgIpc) is 2.49. The Morgan fingerprint density at radius 3 is 2.43 bits per heavy atom. The molecular formula is C18H23NO2. The van der Waals surface area contributed by atoms with E-state index in [2.05, 4.69) is 31.2 Å². The maximum atomic E-state index is 6.00. The van der Waals surface area contributed by atoms with Gasteiger partial charge in [0.05, 0.1) is 13.7 Å². The molecule has 0 saturated heterocycles. The van der Waals surface area contributed by atoms with Crippen molar-refractivity contribution in [1.29, 1.82) is 0 Å². The van der Waals surface area contributed by atoms with Crippen LogP contribution >= 0.6 is 0 Å². The highest BCUT2D eigenvalue weighted by molar-refractivity contribution is 5.38. The van der Waals surface area contributed by atoms with Gasteiger partial charge < -0.3 is 15.2 Å². The molecule has 2 N–H and O–H groups in total. The number of hydrogen-bond donors (Lipinski definition) is 1. The van der Waals surface area contributed by atoms with Crippen molar-refractivity contribution in [2.45, 2.75) is 26.3 Å².